The molecule has 4 nitrogen and oxygen atoms in total. The fourth-order valence-electron chi connectivity index (χ4n) is 1.11. The van der Waals surface area contributed by atoms with E-state index in [0.29, 0.717) is 0 Å². The third kappa shape index (κ3) is 3.28. The molecule has 1 unspecified atom stereocenters. The number of hydrogen-bond acceptors (Lipinski definition) is 3. The second kappa shape index (κ2) is 5.27. The second-order valence-electron chi connectivity index (χ2n) is 3.62. The van der Waals surface area contributed by atoms with Gasteiger partial charge >= 0.3 is 0 Å². The number of halogens is 1. The molecule has 0 saturated heterocycles. The highest BCUT2D eigenvalue weighted by Crippen LogP contribution is 2.20. The van der Waals surface area contributed by atoms with Crippen molar-refractivity contribution in [3.05, 3.63) is 28.2 Å². The summed E-state index contributed by atoms with van der Waals surface area (Å²) in [6, 6.07) is 4.31. The van der Waals surface area contributed by atoms with E-state index in [4.69, 9.17) is 5.11 Å². The van der Waals surface area contributed by atoms with Gasteiger partial charge in [0.1, 0.15) is 0 Å². The Balaban J connectivity index is 3.03. The van der Waals surface area contributed by atoms with Crippen molar-refractivity contribution in [3.63, 3.8) is 0 Å². The maximum atomic E-state index is 11.8. The van der Waals surface area contributed by atoms with E-state index in [2.05, 4.69) is 20.7 Å². The summed E-state index contributed by atoms with van der Waals surface area (Å²) in [5, 5.41) is 8.81. The van der Waals surface area contributed by atoms with Crippen molar-refractivity contribution in [1.82, 2.24) is 4.72 Å². The van der Waals surface area contributed by atoms with Gasteiger partial charge < -0.3 is 5.11 Å². The minimum absolute atomic E-state index is 0.185. The summed E-state index contributed by atoms with van der Waals surface area (Å²) < 4.78 is 26.8. The second-order valence-corrected chi connectivity index (χ2v) is 6.18. The highest BCUT2D eigenvalue weighted by Gasteiger charge is 2.17. The zero-order chi connectivity index (χ0) is 12.3. The molecule has 1 rings (SSSR count). The quantitative estimate of drug-likeness (QED) is 0.884. The lowest BCUT2D eigenvalue weighted by Gasteiger charge is -2.12. The van der Waals surface area contributed by atoms with Crippen molar-refractivity contribution in [2.75, 3.05) is 6.61 Å². The molecule has 0 heterocycles. The molecule has 1 aromatic rings. The predicted octanol–water partition coefficient (Wildman–Crippen LogP) is 1.42. The first-order valence-electron chi connectivity index (χ1n) is 4.76. The molecular formula is C10H14BrNO3S. The van der Waals surface area contributed by atoms with Crippen molar-refractivity contribution < 1.29 is 13.5 Å². The average molecular weight is 308 g/mol. The molecule has 0 aliphatic rings. The number of aryl methyl sites for hydroxylation is 1. The van der Waals surface area contributed by atoms with Gasteiger partial charge in [0, 0.05) is 10.5 Å². The van der Waals surface area contributed by atoms with Gasteiger partial charge in [0.25, 0.3) is 0 Å². The molecule has 1 atom stereocenters. The van der Waals surface area contributed by atoms with Crippen molar-refractivity contribution in [2.45, 2.75) is 24.8 Å². The lowest BCUT2D eigenvalue weighted by atomic mass is 10.2. The van der Waals surface area contributed by atoms with Crippen LogP contribution in [0, 0.1) is 6.92 Å². The molecule has 0 aromatic heterocycles. The van der Waals surface area contributed by atoms with E-state index in [1.807, 2.05) is 6.92 Å². The van der Waals surface area contributed by atoms with Crippen molar-refractivity contribution in [2.24, 2.45) is 0 Å². The first-order chi connectivity index (χ1) is 7.36. The van der Waals surface area contributed by atoms with E-state index in [-0.39, 0.29) is 11.5 Å². The summed E-state index contributed by atoms with van der Waals surface area (Å²) in [7, 11) is -3.55. The van der Waals surface area contributed by atoms with E-state index in [1.165, 1.54) is 6.07 Å². The molecule has 2 N–H and O–H groups in total. The minimum Gasteiger partial charge on any atom is -0.395 e. The van der Waals surface area contributed by atoms with Crippen LogP contribution in [0.3, 0.4) is 0 Å². The largest absolute Gasteiger partial charge is 0.395 e. The maximum Gasteiger partial charge on any atom is 0.240 e. The Hall–Kier alpha value is -0.430. The predicted molar refractivity (Wildman–Crippen MR) is 65.7 cm³/mol. The fraction of sp³-hybridized carbons (Fsp3) is 0.400. The number of sulfonamides is 1. The van der Waals surface area contributed by atoms with Gasteiger partial charge in [-0.1, -0.05) is 22.0 Å². The Bertz CT molecular complexity index is 473. The standard InChI is InChI=1S/C10H14BrNO3S/c1-7-3-4-9(5-10(7)11)16(14,15)12-8(2)6-13/h3-5,8,12-13H,6H2,1-2H3. The van der Waals surface area contributed by atoms with Crippen LogP contribution in [0.4, 0.5) is 0 Å². The Morgan fingerprint density at radius 1 is 1.50 bits per heavy atom. The number of hydrogen-bond donors (Lipinski definition) is 2. The third-order valence-corrected chi connectivity index (χ3v) is 4.53. The van der Waals surface area contributed by atoms with Crippen LogP contribution in [0.25, 0.3) is 0 Å². The third-order valence-electron chi connectivity index (χ3n) is 2.08. The lowest BCUT2D eigenvalue weighted by Crippen LogP contribution is -2.34. The number of aliphatic hydroxyl groups excluding tert-OH is 1. The first-order valence-corrected chi connectivity index (χ1v) is 7.04. The van der Waals surface area contributed by atoms with E-state index < -0.39 is 16.1 Å². The van der Waals surface area contributed by atoms with E-state index in [1.54, 1.807) is 19.1 Å². The van der Waals surface area contributed by atoms with Gasteiger partial charge in [-0.15, -0.1) is 0 Å². The molecule has 0 fully saturated rings. The molecule has 0 radical (unpaired) electrons. The van der Waals surface area contributed by atoms with Gasteiger partial charge in [-0.3, -0.25) is 0 Å². The van der Waals surface area contributed by atoms with Crippen LogP contribution >= 0.6 is 15.9 Å². The average Bonchev–Trinajstić information content (AvgIpc) is 2.21. The molecule has 0 saturated carbocycles. The van der Waals surface area contributed by atoms with Crippen LogP contribution in [0.5, 0.6) is 0 Å². The van der Waals surface area contributed by atoms with E-state index in [0.717, 1.165) is 10.0 Å². The van der Waals surface area contributed by atoms with Gasteiger partial charge in [0.2, 0.25) is 10.0 Å². The lowest BCUT2D eigenvalue weighted by molar-refractivity contribution is 0.265. The van der Waals surface area contributed by atoms with Crippen LogP contribution in [0.1, 0.15) is 12.5 Å². The topological polar surface area (TPSA) is 66.4 Å². The van der Waals surface area contributed by atoms with E-state index in [9.17, 15) is 8.42 Å². The maximum absolute atomic E-state index is 11.8. The summed E-state index contributed by atoms with van der Waals surface area (Å²) >= 11 is 3.28. The normalized spacial score (nSPS) is 13.8. The molecule has 0 spiro atoms. The van der Waals surface area contributed by atoms with Crippen LogP contribution < -0.4 is 4.72 Å². The molecule has 0 amide bonds. The molecule has 0 aliphatic carbocycles. The van der Waals surface area contributed by atoms with Gasteiger partial charge in [-0.25, -0.2) is 13.1 Å². The van der Waals surface area contributed by atoms with Crippen LogP contribution in [0.15, 0.2) is 27.6 Å². The Morgan fingerprint density at radius 2 is 2.12 bits per heavy atom. The molecular weight excluding hydrogens is 294 g/mol. The van der Waals surface area contributed by atoms with Crippen molar-refractivity contribution in [3.8, 4) is 0 Å². The van der Waals surface area contributed by atoms with Crippen molar-refractivity contribution >= 4 is 26.0 Å². The number of aliphatic hydroxyl groups is 1. The van der Waals surface area contributed by atoms with Gasteiger partial charge in [-0.2, -0.15) is 0 Å². The highest BCUT2D eigenvalue weighted by molar-refractivity contribution is 9.10. The van der Waals surface area contributed by atoms with Crippen LogP contribution in [-0.4, -0.2) is 26.2 Å². The number of nitrogens with one attached hydrogen (secondary N) is 1. The minimum atomic E-state index is -3.55. The number of benzene rings is 1. The summed E-state index contributed by atoms with van der Waals surface area (Å²) in [6.45, 7) is 3.25. The van der Waals surface area contributed by atoms with E-state index >= 15 is 0 Å². The zero-order valence-corrected chi connectivity index (χ0v) is 11.5. The molecule has 0 bridgehead atoms. The first kappa shape index (κ1) is 13.6. The summed E-state index contributed by atoms with van der Waals surface area (Å²) in [6.07, 6.45) is 0. The van der Waals surface area contributed by atoms with Gasteiger partial charge in [-0.05, 0) is 31.5 Å². The monoisotopic (exact) mass is 307 g/mol. The van der Waals surface area contributed by atoms with Gasteiger partial charge in [0.15, 0.2) is 0 Å². The molecule has 1 aromatic carbocycles. The summed E-state index contributed by atoms with van der Waals surface area (Å²) in [4.78, 5) is 0.185. The summed E-state index contributed by atoms with van der Waals surface area (Å²) in [5.41, 5.74) is 0.967. The van der Waals surface area contributed by atoms with Crippen LogP contribution in [0.2, 0.25) is 0 Å². The van der Waals surface area contributed by atoms with Crippen LogP contribution in [-0.2, 0) is 10.0 Å². The zero-order valence-electron chi connectivity index (χ0n) is 9.07. The Kier molecular flexibility index (Phi) is 4.49. The molecule has 16 heavy (non-hydrogen) atoms. The smallest absolute Gasteiger partial charge is 0.240 e. The van der Waals surface area contributed by atoms with Crippen molar-refractivity contribution in [1.29, 1.82) is 0 Å². The number of rotatable bonds is 4. The molecule has 0 aliphatic heterocycles. The molecule has 6 heteroatoms. The highest BCUT2D eigenvalue weighted by atomic mass is 79.9. The summed E-state index contributed by atoms with van der Waals surface area (Å²) in [5.74, 6) is 0. The fourth-order valence-corrected chi connectivity index (χ4v) is 2.90. The molecule has 90 valence electrons. The Labute approximate surface area is 104 Å². The SMILES string of the molecule is Cc1ccc(S(=O)(=O)NC(C)CO)cc1Br. The van der Waals surface area contributed by atoms with Gasteiger partial charge in [0.05, 0.1) is 11.5 Å². The Morgan fingerprint density at radius 3 is 2.62 bits per heavy atom.